The molecule has 2 aromatic heterocycles. The number of pyridine rings is 2. The minimum atomic E-state index is -4.39. The Labute approximate surface area is 164 Å². The van der Waals surface area contributed by atoms with E-state index in [2.05, 4.69) is 9.97 Å². The van der Waals surface area contributed by atoms with E-state index in [0.717, 1.165) is 0 Å². The van der Waals surface area contributed by atoms with Crippen molar-refractivity contribution >= 4 is 31.6 Å². The van der Waals surface area contributed by atoms with Gasteiger partial charge in [-0.1, -0.05) is 0 Å². The molecule has 4 rings (SSSR count). The quantitative estimate of drug-likeness (QED) is 0.531. The van der Waals surface area contributed by atoms with Crippen molar-refractivity contribution in [2.45, 2.75) is 9.79 Å². The van der Waals surface area contributed by atoms with Crippen molar-refractivity contribution in [3.63, 3.8) is 0 Å². The Kier molecular flexibility index (Phi) is 4.39. The largest absolute Gasteiger partial charge is 0.497 e. The van der Waals surface area contributed by atoms with Gasteiger partial charge in [0, 0.05) is 21.8 Å². The standard InChI is InChI=1S/C20H16N2O6S/c1-27-13-3-5-15-11(7-13)9-17(19(23)21-15)29(25,26)18-10-12-8-14(28-2)4-6-16(12)22-20(18)24/h3-10H,1-2H3,(H,21,23)(H,22,24). The minimum absolute atomic E-state index is 0.451. The van der Waals surface area contributed by atoms with Gasteiger partial charge in [-0.05, 0) is 48.5 Å². The highest BCUT2D eigenvalue weighted by molar-refractivity contribution is 7.91. The lowest BCUT2D eigenvalue weighted by Crippen LogP contribution is -2.23. The van der Waals surface area contributed by atoms with Gasteiger partial charge in [-0.25, -0.2) is 8.42 Å². The number of rotatable bonds is 4. The highest BCUT2D eigenvalue weighted by atomic mass is 32.2. The molecule has 0 fully saturated rings. The van der Waals surface area contributed by atoms with Crippen molar-refractivity contribution in [2.24, 2.45) is 0 Å². The van der Waals surface area contributed by atoms with Crippen molar-refractivity contribution in [3.05, 3.63) is 69.2 Å². The van der Waals surface area contributed by atoms with Gasteiger partial charge >= 0.3 is 0 Å². The SMILES string of the molecule is COc1ccc2[nH]c(=O)c(S(=O)(=O)c3cc4cc(OC)ccc4[nH]c3=O)cc2c1. The maximum Gasteiger partial charge on any atom is 0.267 e. The Bertz CT molecular complexity index is 1380. The zero-order valence-electron chi connectivity index (χ0n) is 15.5. The van der Waals surface area contributed by atoms with Crippen molar-refractivity contribution in [3.8, 4) is 11.5 Å². The lowest BCUT2D eigenvalue weighted by Gasteiger charge is -2.08. The van der Waals surface area contributed by atoms with E-state index in [0.29, 0.717) is 33.3 Å². The molecule has 0 bridgehead atoms. The van der Waals surface area contributed by atoms with Gasteiger partial charge in [0.25, 0.3) is 11.1 Å². The molecule has 0 aliphatic rings. The second-order valence-corrected chi connectivity index (χ2v) is 8.22. The molecule has 29 heavy (non-hydrogen) atoms. The zero-order chi connectivity index (χ0) is 20.8. The van der Waals surface area contributed by atoms with Crippen LogP contribution in [0.4, 0.5) is 0 Å². The number of aromatic nitrogens is 2. The monoisotopic (exact) mass is 412 g/mol. The van der Waals surface area contributed by atoms with E-state index in [9.17, 15) is 18.0 Å². The molecule has 8 nitrogen and oxygen atoms in total. The summed E-state index contributed by atoms with van der Waals surface area (Å²) in [6.45, 7) is 0. The van der Waals surface area contributed by atoms with E-state index in [1.54, 1.807) is 36.4 Å². The first kappa shape index (κ1) is 18.8. The molecule has 0 amide bonds. The van der Waals surface area contributed by atoms with Crippen LogP contribution in [0.1, 0.15) is 0 Å². The van der Waals surface area contributed by atoms with Crippen LogP contribution in [0.3, 0.4) is 0 Å². The smallest absolute Gasteiger partial charge is 0.267 e. The molecule has 0 unspecified atom stereocenters. The number of sulfone groups is 1. The summed E-state index contributed by atoms with van der Waals surface area (Å²) in [5.74, 6) is 1.01. The van der Waals surface area contributed by atoms with Crippen LogP contribution in [0.25, 0.3) is 21.8 Å². The summed E-state index contributed by atoms with van der Waals surface area (Å²) < 4.78 is 36.6. The van der Waals surface area contributed by atoms with Crippen LogP contribution >= 0.6 is 0 Å². The number of H-pyrrole nitrogens is 2. The van der Waals surface area contributed by atoms with Crippen molar-refractivity contribution in [1.29, 1.82) is 0 Å². The van der Waals surface area contributed by atoms with Crippen LogP contribution < -0.4 is 20.6 Å². The second-order valence-electron chi connectivity index (χ2n) is 6.34. The first-order valence-electron chi connectivity index (χ1n) is 8.51. The van der Waals surface area contributed by atoms with E-state index in [1.165, 1.54) is 26.4 Å². The summed E-state index contributed by atoms with van der Waals surface area (Å²) in [7, 11) is -1.43. The summed E-state index contributed by atoms with van der Waals surface area (Å²) in [4.78, 5) is 29.0. The normalized spacial score (nSPS) is 11.7. The van der Waals surface area contributed by atoms with E-state index >= 15 is 0 Å². The number of fused-ring (bicyclic) bond motifs is 2. The van der Waals surface area contributed by atoms with Gasteiger partial charge in [-0.2, -0.15) is 0 Å². The third-order valence-corrected chi connectivity index (χ3v) is 6.38. The van der Waals surface area contributed by atoms with Crippen LogP contribution in [0.2, 0.25) is 0 Å². The van der Waals surface area contributed by atoms with Crippen molar-refractivity contribution < 1.29 is 17.9 Å². The van der Waals surface area contributed by atoms with Gasteiger partial charge in [0.05, 0.1) is 14.2 Å². The first-order valence-corrected chi connectivity index (χ1v) is 9.99. The average Bonchev–Trinajstić information content (AvgIpc) is 2.71. The minimum Gasteiger partial charge on any atom is -0.497 e. The van der Waals surface area contributed by atoms with Gasteiger partial charge in [0.1, 0.15) is 21.3 Å². The Hall–Kier alpha value is -3.59. The fourth-order valence-corrected chi connectivity index (χ4v) is 4.49. The fourth-order valence-electron chi connectivity index (χ4n) is 3.10. The van der Waals surface area contributed by atoms with E-state index in [1.807, 2.05) is 0 Å². The van der Waals surface area contributed by atoms with E-state index in [-0.39, 0.29) is 0 Å². The molecule has 2 heterocycles. The van der Waals surface area contributed by atoms with Crippen molar-refractivity contribution in [1.82, 2.24) is 9.97 Å². The highest BCUT2D eigenvalue weighted by Gasteiger charge is 2.26. The van der Waals surface area contributed by atoms with Gasteiger partial charge in [-0.15, -0.1) is 0 Å². The Morgan fingerprint density at radius 2 is 1.10 bits per heavy atom. The average molecular weight is 412 g/mol. The lowest BCUT2D eigenvalue weighted by molar-refractivity contribution is 0.415. The molecule has 0 radical (unpaired) electrons. The molecule has 0 aliphatic heterocycles. The summed E-state index contributed by atoms with van der Waals surface area (Å²) in [5.41, 5.74) is -0.723. The molecule has 0 aliphatic carbocycles. The Balaban J connectivity index is 1.97. The maximum absolute atomic E-state index is 13.2. The molecular formula is C20H16N2O6S. The van der Waals surface area contributed by atoms with Crippen LogP contribution in [-0.2, 0) is 9.84 Å². The van der Waals surface area contributed by atoms with Crippen LogP contribution in [-0.4, -0.2) is 32.6 Å². The number of ether oxygens (including phenoxy) is 2. The molecule has 0 saturated heterocycles. The number of hydrogen-bond acceptors (Lipinski definition) is 6. The summed E-state index contributed by atoms with van der Waals surface area (Å²) in [6, 6.07) is 12.2. The van der Waals surface area contributed by atoms with Gasteiger partial charge in [-0.3, -0.25) is 9.59 Å². The number of hydrogen-bond donors (Lipinski definition) is 2. The molecule has 0 saturated carbocycles. The van der Waals surface area contributed by atoms with Gasteiger partial charge < -0.3 is 19.4 Å². The molecule has 148 valence electrons. The predicted molar refractivity (Wildman–Crippen MR) is 108 cm³/mol. The lowest BCUT2D eigenvalue weighted by atomic mass is 10.2. The molecule has 0 spiro atoms. The molecular weight excluding hydrogens is 396 g/mol. The van der Waals surface area contributed by atoms with E-state index < -0.39 is 30.7 Å². The Morgan fingerprint density at radius 3 is 1.48 bits per heavy atom. The summed E-state index contributed by atoms with van der Waals surface area (Å²) in [5, 5.41) is 0.919. The van der Waals surface area contributed by atoms with Gasteiger partial charge in [0.2, 0.25) is 9.84 Å². The van der Waals surface area contributed by atoms with E-state index in [4.69, 9.17) is 9.47 Å². The highest BCUT2D eigenvalue weighted by Crippen LogP contribution is 2.25. The van der Waals surface area contributed by atoms with Crippen molar-refractivity contribution in [2.75, 3.05) is 14.2 Å². The second kappa shape index (κ2) is 6.78. The van der Waals surface area contributed by atoms with Gasteiger partial charge in [0.15, 0.2) is 0 Å². The predicted octanol–water partition coefficient (Wildman–Crippen LogP) is 2.22. The zero-order valence-corrected chi connectivity index (χ0v) is 16.3. The number of methoxy groups -OCH3 is 2. The van der Waals surface area contributed by atoms with Crippen LogP contribution in [0.15, 0.2) is 67.9 Å². The number of aromatic amines is 2. The number of nitrogens with one attached hydrogen (secondary N) is 2. The van der Waals surface area contributed by atoms with Crippen LogP contribution in [0, 0.1) is 0 Å². The Morgan fingerprint density at radius 1 is 0.690 bits per heavy atom. The molecule has 9 heteroatoms. The number of benzene rings is 2. The third kappa shape index (κ3) is 3.15. The topological polar surface area (TPSA) is 118 Å². The fraction of sp³-hybridized carbons (Fsp3) is 0.100. The summed E-state index contributed by atoms with van der Waals surface area (Å²) >= 11 is 0. The summed E-state index contributed by atoms with van der Waals surface area (Å²) in [6.07, 6.45) is 0. The molecule has 4 aromatic rings. The molecule has 2 N–H and O–H groups in total. The van der Waals surface area contributed by atoms with Crippen LogP contribution in [0.5, 0.6) is 11.5 Å². The molecule has 0 atom stereocenters. The third-order valence-electron chi connectivity index (χ3n) is 4.61. The first-order chi connectivity index (χ1) is 13.8. The maximum atomic E-state index is 13.2. The molecule has 2 aromatic carbocycles.